The highest BCUT2D eigenvalue weighted by Gasteiger charge is 2.33. The van der Waals surface area contributed by atoms with Gasteiger partial charge in [0.15, 0.2) is 0 Å². The molecular formula is C17H24N2O2. The predicted octanol–water partition coefficient (Wildman–Crippen LogP) is 2.25. The van der Waals surface area contributed by atoms with Gasteiger partial charge in [0.2, 0.25) is 0 Å². The summed E-state index contributed by atoms with van der Waals surface area (Å²) in [6.45, 7) is 5.88. The summed E-state index contributed by atoms with van der Waals surface area (Å²) in [6, 6.07) is 6.65. The van der Waals surface area contributed by atoms with Gasteiger partial charge in [-0.25, -0.2) is 4.79 Å². The monoisotopic (exact) mass is 288 g/mol. The molecule has 0 aromatic heterocycles. The second-order valence-electron chi connectivity index (χ2n) is 6.59. The number of likely N-dealkylation sites (tertiary alicyclic amines) is 1. The molecule has 4 heteroatoms. The van der Waals surface area contributed by atoms with E-state index in [0.717, 1.165) is 19.4 Å². The maximum absolute atomic E-state index is 12.4. The average Bonchev–Trinajstić information content (AvgIpc) is 3.05. The van der Waals surface area contributed by atoms with Crippen LogP contribution in [0.1, 0.15) is 36.1 Å². The molecule has 1 aliphatic heterocycles. The zero-order valence-corrected chi connectivity index (χ0v) is 12.8. The van der Waals surface area contributed by atoms with Crippen molar-refractivity contribution in [3.8, 4) is 0 Å². The molecule has 0 bridgehead atoms. The third-order valence-electron chi connectivity index (χ3n) is 4.86. The third-order valence-corrected chi connectivity index (χ3v) is 4.86. The molecule has 2 aliphatic rings. The Morgan fingerprint density at radius 3 is 3.00 bits per heavy atom. The van der Waals surface area contributed by atoms with Crippen molar-refractivity contribution in [1.29, 1.82) is 0 Å². The van der Waals surface area contributed by atoms with Crippen molar-refractivity contribution in [3.63, 3.8) is 0 Å². The Morgan fingerprint density at radius 1 is 1.48 bits per heavy atom. The smallest absolute Gasteiger partial charge is 0.317 e. The summed E-state index contributed by atoms with van der Waals surface area (Å²) < 4.78 is 0. The molecule has 0 saturated carbocycles. The van der Waals surface area contributed by atoms with Gasteiger partial charge in [0.1, 0.15) is 0 Å². The minimum absolute atomic E-state index is 0.0113. The summed E-state index contributed by atoms with van der Waals surface area (Å²) >= 11 is 0. The zero-order chi connectivity index (χ0) is 15.0. The summed E-state index contributed by atoms with van der Waals surface area (Å²) in [7, 11) is 0. The van der Waals surface area contributed by atoms with Crippen molar-refractivity contribution in [1.82, 2.24) is 10.2 Å². The molecule has 1 aliphatic carbocycles. The number of hydrogen-bond acceptors (Lipinski definition) is 2. The minimum Gasteiger partial charge on any atom is -0.396 e. The van der Waals surface area contributed by atoms with Gasteiger partial charge in [0.25, 0.3) is 0 Å². The van der Waals surface area contributed by atoms with Crippen molar-refractivity contribution in [2.45, 2.75) is 32.7 Å². The van der Waals surface area contributed by atoms with Gasteiger partial charge in [-0.05, 0) is 36.8 Å². The molecular weight excluding hydrogens is 264 g/mol. The summed E-state index contributed by atoms with van der Waals surface area (Å²) in [6.07, 6.45) is 1.93. The van der Waals surface area contributed by atoms with Crippen molar-refractivity contribution >= 4 is 6.03 Å². The molecule has 1 fully saturated rings. The maximum Gasteiger partial charge on any atom is 0.317 e. The molecule has 2 N–H and O–H groups in total. The number of aryl methyl sites for hydroxylation is 1. The summed E-state index contributed by atoms with van der Waals surface area (Å²) in [4.78, 5) is 14.3. The van der Waals surface area contributed by atoms with Gasteiger partial charge in [0, 0.05) is 25.6 Å². The second kappa shape index (κ2) is 5.68. The van der Waals surface area contributed by atoms with Gasteiger partial charge in [0.05, 0.1) is 6.04 Å². The van der Waals surface area contributed by atoms with E-state index in [1.807, 2.05) is 4.90 Å². The maximum atomic E-state index is 12.4. The number of aliphatic hydroxyl groups excluding tert-OH is 1. The van der Waals surface area contributed by atoms with Crippen LogP contribution in [0.5, 0.6) is 0 Å². The van der Waals surface area contributed by atoms with Crippen LogP contribution < -0.4 is 5.32 Å². The molecule has 114 valence electrons. The Hall–Kier alpha value is -1.55. The fourth-order valence-electron chi connectivity index (χ4n) is 3.57. The number of nitrogens with one attached hydrogen (secondary N) is 1. The lowest BCUT2D eigenvalue weighted by atomic mass is 10.0. The van der Waals surface area contributed by atoms with Crippen LogP contribution in [-0.4, -0.2) is 35.7 Å². The molecule has 1 heterocycles. The van der Waals surface area contributed by atoms with Crippen molar-refractivity contribution in [3.05, 3.63) is 34.9 Å². The highest BCUT2D eigenvalue weighted by Crippen LogP contribution is 2.36. The first-order chi connectivity index (χ1) is 10.1. The van der Waals surface area contributed by atoms with Crippen LogP contribution in [0, 0.1) is 18.8 Å². The van der Waals surface area contributed by atoms with Crippen LogP contribution in [0.4, 0.5) is 4.79 Å². The summed E-state index contributed by atoms with van der Waals surface area (Å²) in [5, 5.41) is 12.4. The lowest BCUT2D eigenvalue weighted by molar-refractivity contribution is 0.192. The number of fused-ring (bicyclic) bond motifs is 1. The van der Waals surface area contributed by atoms with E-state index in [4.69, 9.17) is 0 Å². The van der Waals surface area contributed by atoms with E-state index in [1.165, 1.54) is 16.7 Å². The topological polar surface area (TPSA) is 52.6 Å². The van der Waals surface area contributed by atoms with E-state index in [1.54, 1.807) is 0 Å². The number of rotatable bonds is 2. The number of amides is 2. The Kier molecular flexibility index (Phi) is 3.89. The van der Waals surface area contributed by atoms with Gasteiger partial charge >= 0.3 is 6.03 Å². The first kappa shape index (κ1) is 14.4. The number of hydrogen-bond donors (Lipinski definition) is 2. The second-order valence-corrected chi connectivity index (χ2v) is 6.59. The predicted molar refractivity (Wildman–Crippen MR) is 82.1 cm³/mol. The van der Waals surface area contributed by atoms with Crippen LogP contribution in [0.2, 0.25) is 0 Å². The average molecular weight is 288 g/mol. The molecule has 0 unspecified atom stereocenters. The van der Waals surface area contributed by atoms with Crippen molar-refractivity contribution in [2.24, 2.45) is 11.8 Å². The standard InChI is InChI=1S/C17H24N2O2/c1-11-3-4-14-8-12(2)16(15(14)7-11)18-17(21)19-6-5-13(9-19)10-20/h3-4,7,12-13,16,20H,5-6,8-10H2,1-2H3,(H,18,21)/t12-,13+,16-/m1/s1. The van der Waals surface area contributed by atoms with Crippen LogP contribution in [-0.2, 0) is 6.42 Å². The number of carbonyl (C=O) groups is 1. The number of carbonyl (C=O) groups excluding carboxylic acids is 1. The van der Waals surface area contributed by atoms with Crippen LogP contribution in [0.25, 0.3) is 0 Å². The van der Waals surface area contributed by atoms with Gasteiger partial charge in [-0.3, -0.25) is 0 Å². The van der Waals surface area contributed by atoms with E-state index < -0.39 is 0 Å². The highest BCUT2D eigenvalue weighted by atomic mass is 16.3. The highest BCUT2D eigenvalue weighted by molar-refractivity contribution is 5.75. The van der Waals surface area contributed by atoms with Gasteiger partial charge < -0.3 is 15.3 Å². The minimum atomic E-state index is 0.0113. The normalized spacial score (nSPS) is 27.8. The van der Waals surface area contributed by atoms with E-state index in [2.05, 4.69) is 37.4 Å². The SMILES string of the molecule is Cc1ccc2c(c1)[C@H](NC(=O)N1CC[C@H](CO)C1)[C@H](C)C2. The molecule has 3 rings (SSSR count). The van der Waals surface area contributed by atoms with Gasteiger partial charge in [-0.15, -0.1) is 0 Å². The number of urea groups is 1. The molecule has 4 nitrogen and oxygen atoms in total. The quantitative estimate of drug-likeness (QED) is 0.877. The Morgan fingerprint density at radius 2 is 2.29 bits per heavy atom. The van der Waals surface area contributed by atoms with Crippen molar-refractivity contribution < 1.29 is 9.90 Å². The summed E-state index contributed by atoms with van der Waals surface area (Å²) in [5.74, 6) is 0.674. The molecule has 0 radical (unpaired) electrons. The van der Waals surface area contributed by atoms with E-state index in [0.29, 0.717) is 12.5 Å². The lowest BCUT2D eigenvalue weighted by Crippen LogP contribution is -2.41. The number of benzene rings is 1. The molecule has 0 spiro atoms. The Balaban J connectivity index is 1.71. The first-order valence-corrected chi connectivity index (χ1v) is 7.84. The van der Waals surface area contributed by atoms with E-state index in [9.17, 15) is 9.90 Å². The third kappa shape index (κ3) is 2.77. The number of aliphatic hydroxyl groups is 1. The van der Waals surface area contributed by atoms with Gasteiger partial charge in [-0.1, -0.05) is 30.7 Å². The lowest BCUT2D eigenvalue weighted by Gasteiger charge is -2.24. The van der Waals surface area contributed by atoms with Crippen LogP contribution in [0.15, 0.2) is 18.2 Å². The van der Waals surface area contributed by atoms with E-state index >= 15 is 0 Å². The zero-order valence-electron chi connectivity index (χ0n) is 12.8. The van der Waals surface area contributed by atoms with Gasteiger partial charge in [-0.2, -0.15) is 0 Å². The Bertz CT molecular complexity index is 544. The largest absolute Gasteiger partial charge is 0.396 e. The molecule has 1 aromatic carbocycles. The fourth-order valence-corrected chi connectivity index (χ4v) is 3.57. The summed E-state index contributed by atoms with van der Waals surface area (Å²) in [5.41, 5.74) is 3.87. The molecule has 3 atom stereocenters. The Labute approximate surface area is 126 Å². The molecule has 1 saturated heterocycles. The molecule has 2 amide bonds. The molecule has 21 heavy (non-hydrogen) atoms. The van der Waals surface area contributed by atoms with E-state index in [-0.39, 0.29) is 24.6 Å². The van der Waals surface area contributed by atoms with Crippen LogP contribution in [0.3, 0.4) is 0 Å². The number of nitrogens with zero attached hydrogens (tertiary/aromatic N) is 1. The first-order valence-electron chi connectivity index (χ1n) is 7.84. The van der Waals surface area contributed by atoms with Crippen LogP contribution >= 0.6 is 0 Å². The van der Waals surface area contributed by atoms with Crippen molar-refractivity contribution in [2.75, 3.05) is 19.7 Å². The fraction of sp³-hybridized carbons (Fsp3) is 0.588. The molecule has 1 aromatic rings.